The van der Waals surface area contributed by atoms with Crippen molar-refractivity contribution in [1.82, 2.24) is 19.5 Å². The van der Waals surface area contributed by atoms with E-state index in [1.165, 1.54) is 10.9 Å². The van der Waals surface area contributed by atoms with Gasteiger partial charge in [-0.25, -0.2) is 13.4 Å². The highest BCUT2D eigenvalue weighted by molar-refractivity contribution is 7.98. The third-order valence-corrected chi connectivity index (χ3v) is 11.9. The molecule has 2 aliphatic carbocycles. The van der Waals surface area contributed by atoms with Crippen LogP contribution >= 0.6 is 19.2 Å². The van der Waals surface area contributed by atoms with Crippen molar-refractivity contribution in [3.8, 4) is 0 Å². The van der Waals surface area contributed by atoms with Gasteiger partial charge in [-0.3, -0.25) is 9.13 Å². The molecule has 3 heterocycles. The van der Waals surface area contributed by atoms with Gasteiger partial charge in [0.05, 0.1) is 12.1 Å². The predicted octanol–water partition coefficient (Wildman–Crippen LogP) is 1.17. The maximum Gasteiger partial charge on any atom is 0.343 e. The summed E-state index contributed by atoms with van der Waals surface area (Å²) in [5.74, 6) is -0.493. The molecule has 36 heavy (non-hydrogen) atoms. The van der Waals surface area contributed by atoms with E-state index in [0.29, 0.717) is 24.2 Å². The number of hydrogen-bond acceptors (Lipinski definition) is 10. The summed E-state index contributed by atoms with van der Waals surface area (Å²) in [6, 6.07) is 0.214. The number of nitrogens with zero attached hydrogens (tertiary/aromatic N) is 4. The fourth-order valence-electron chi connectivity index (χ4n) is 5.01. The Balaban J connectivity index is 1.39. The Kier molecular flexibility index (Phi) is 7.09. The van der Waals surface area contributed by atoms with Crippen molar-refractivity contribution in [1.29, 1.82) is 0 Å². The molecule has 1 aliphatic heterocycles. The average Bonchev–Trinajstić information content (AvgIpc) is 3.16. The van der Waals surface area contributed by atoms with Gasteiger partial charge in [-0.2, -0.15) is 9.97 Å². The number of anilines is 1. The van der Waals surface area contributed by atoms with E-state index in [1.807, 2.05) is 0 Å². The number of halogens is 1. The van der Waals surface area contributed by atoms with E-state index in [4.69, 9.17) is 16.3 Å². The highest BCUT2D eigenvalue weighted by atomic mass is 35.5. The lowest BCUT2D eigenvalue weighted by Crippen LogP contribution is -2.38. The number of aliphatic hydroxyl groups is 2. The van der Waals surface area contributed by atoms with Crippen LogP contribution in [0.15, 0.2) is 6.33 Å². The molecule has 2 aromatic rings. The normalized spacial score (nSPS) is 28.7. The van der Waals surface area contributed by atoms with Crippen LogP contribution in [0.4, 0.5) is 5.82 Å². The minimum Gasteiger partial charge on any atom is -0.387 e. The summed E-state index contributed by atoms with van der Waals surface area (Å²) in [5.41, 5.74) is 0.593. The van der Waals surface area contributed by atoms with Gasteiger partial charge in [0.2, 0.25) is 5.28 Å². The molecule has 2 aromatic heterocycles. The summed E-state index contributed by atoms with van der Waals surface area (Å²) in [6.07, 6.45) is 0.896. The fraction of sp³-hybridized carbons (Fsp3) is 0.750. The number of ether oxygens (including phenoxy) is 1. The van der Waals surface area contributed by atoms with Gasteiger partial charge < -0.3 is 30.1 Å². The topological polar surface area (TPSA) is 197 Å². The summed E-state index contributed by atoms with van der Waals surface area (Å²) in [6.45, 7) is 0. The van der Waals surface area contributed by atoms with Gasteiger partial charge in [-0.15, -0.1) is 0 Å². The zero-order valence-electron chi connectivity index (χ0n) is 19.2. The summed E-state index contributed by atoms with van der Waals surface area (Å²) in [5, 5.41) is 24.6. The van der Waals surface area contributed by atoms with E-state index in [9.17, 15) is 33.0 Å². The average molecular weight is 566 g/mol. The van der Waals surface area contributed by atoms with E-state index >= 15 is 0 Å². The lowest BCUT2D eigenvalue weighted by Gasteiger charge is -2.22. The third-order valence-electron chi connectivity index (χ3n) is 7.12. The third kappa shape index (κ3) is 5.28. The van der Waals surface area contributed by atoms with Crippen LogP contribution in [-0.2, 0) is 19.1 Å². The molecular weight excluding hydrogens is 537 g/mol. The van der Waals surface area contributed by atoms with Crippen LogP contribution in [0.3, 0.4) is 0 Å². The van der Waals surface area contributed by atoms with E-state index in [-0.39, 0.29) is 29.3 Å². The smallest absolute Gasteiger partial charge is 0.343 e. The van der Waals surface area contributed by atoms with Crippen LogP contribution in [0.1, 0.15) is 51.2 Å². The van der Waals surface area contributed by atoms with Crippen molar-refractivity contribution >= 4 is 46.0 Å². The largest absolute Gasteiger partial charge is 0.387 e. The first-order chi connectivity index (χ1) is 16.9. The first kappa shape index (κ1) is 26.2. The van der Waals surface area contributed by atoms with Gasteiger partial charge in [0, 0.05) is 6.04 Å². The summed E-state index contributed by atoms with van der Waals surface area (Å²) >= 11 is 6.14. The summed E-state index contributed by atoms with van der Waals surface area (Å²) < 4.78 is 45.0. The molecule has 0 aromatic carbocycles. The van der Waals surface area contributed by atoms with Crippen LogP contribution in [0.5, 0.6) is 0 Å². The maximum absolute atomic E-state index is 13.0. The zero-order valence-corrected chi connectivity index (χ0v) is 21.7. The molecule has 2 saturated carbocycles. The van der Waals surface area contributed by atoms with Crippen molar-refractivity contribution < 1.29 is 37.7 Å². The summed E-state index contributed by atoms with van der Waals surface area (Å²) in [4.78, 5) is 30.3. The van der Waals surface area contributed by atoms with Gasteiger partial charge in [-0.05, 0) is 36.8 Å². The molecule has 200 valence electrons. The van der Waals surface area contributed by atoms with Crippen molar-refractivity contribution in [3.63, 3.8) is 0 Å². The molecule has 3 aliphatic rings. The van der Waals surface area contributed by atoms with Crippen molar-refractivity contribution in [2.45, 2.75) is 80.5 Å². The number of nitrogens with one attached hydrogen (secondary N) is 1. The first-order valence-electron chi connectivity index (χ1n) is 11.9. The molecule has 16 heteroatoms. The number of imidazole rings is 1. The number of fused-ring (bicyclic) bond motifs is 1. The van der Waals surface area contributed by atoms with Gasteiger partial charge in [0.1, 0.15) is 18.3 Å². The zero-order chi connectivity index (χ0) is 25.8. The molecular formula is C20H29ClN5O8PS. The van der Waals surface area contributed by atoms with Crippen molar-refractivity contribution in [2.75, 3.05) is 11.1 Å². The van der Waals surface area contributed by atoms with Crippen molar-refractivity contribution in [3.05, 3.63) is 11.6 Å². The Morgan fingerprint density at radius 2 is 1.86 bits per heavy atom. The molecule has 5 atom stereocenters. The number of aliphatic hydroxyl groups excluding tert-OH is 2. The second-order valence-corrected chi connectivity index (χ2v) is 14.6. The Morgan fingerprint density at radius 1 is 1.17 bits per heavy atom. The van der Waals surface area contributed by atoms with Crippen LogP contribution in [0.2, 0.25) is 5.28 Å². The molecule has 5 rings (SSSR count). The SMILES string of the molecule is O=P(O)(O)C(CC1CC1)S(=O)(=O)C[C@H]1O[C@@H](n2cnc3c(NC4CCCC4)nc(Cl)nc32)[C@H](O)[C@@H]1O. The van der Waals surface area contributed by atoms with Gasteiger partial charge in [0.25, 0.3) is 0 Å². The Hall–Kier alpha value is -1.38. The van der Waals surface area contributed by atoms with E-state index < -0.39 is 52.7 Å². The minimum atomic E-state index is -4.96. The highest BCUT2D eigenvalue weighted by Crippen LogP contribution is 2.51. The molecule has 3 fully saturated rings. The second-order valence-electron chi connectivity index (χ2n) is 9.89. The van der Waals surface area contributed by atoms with Crippen LogP contribution < -0.4 is 5.32 Å². The monoisotopic (exact) mass is 565 g/mol. The quantitative estimate of drug-likeness (QED) is 0.215. The highest BCUT2D eigenvalue weighted by Gasteiger charge is 2.50. The van der Waals surface area contributed by atoms with E-state index in [0.717, 1.165) is 25.7 Å². The molecule has 13 nitrogen and oxygen atoms in total. The number of aromatic nitrogens is 4. The lowest BCUT2D eigenvalue weighted by molar-refractivity contribution is -0.0292. The van der Waals surface area contributed by atoms with Gasteiger partial charge in [0.15, 0.2) is 38.0 Å². The van der Waals surface area contributed by atoms with Gasteiger partial charge >= 0.3 is 7.60 Å². The number of rotatable bonds is 9. The molecule has 0 bridgehead atoms. The van der Waals surface area contributed by atoms with Crippen molar-refractivity contribution in [2.24, 2.45) is 5.92 Å². The molecule has 1 unspecified atom stereocenters. The molecule has 0 amide bonds. The molecule has 1 saturated heterocycles. The van der Waals surface area contributed by atoms with Gasteiger partial charge in [-0.1, -0.05) is 25.7 Å². The Labute approximate surface area is 212 Å². The Morgan fingerprint density at radius 3 is 2.50 bits per heavy atom. The standard InChI is InChI=1S/C20H29ClN5O8PS/c21-20-24-17(23-11-3-1-2-4-11)14-18(25-20)26(9-22-14)19-16(28)15(27)12(34-19)8-36(32,33)13(35(29,30)31)7-10-5-6-10/h9-13,15-16,19,27-28H,1-8H2,(H,23,24,25)(H2,29,30,31)/t12-,13?,15-,16-,19-/m1/s1. The fourth-order valence-corrected chi connectivity index (χ4v) is 9.20. The summed E-state index contributed by atoms with van der Waals surface area (Å²) in [7, 11) is -9.34. The van der Waals surface area contributed by atoms with Crippen LogP contribution in [0, 0.1) is 5.92 Å². The lowest BCUT2D eigenvalue weighted by atomic mass is 10.1. The van der Waals surface area contributed by atoms with E-state index in [2.05, 4.69) is 20.3 Å². The number of hydrogen-bond donors (Lipinski definition) is 5. The first-order valence-corrected chi connectivity index (χ1v) is 15.7. The minimum absolute atomic E-state index is 0.0565. The van der Waals surface area contributed by atoms with Crippen LogP contribution in [-0.4, -0.2) is 83.0 Å². The van der Waals surface area contributed by atoms with Crippen LogP contribution in [0.25, 0.3) is 11.2 Å². The molecule has 5 N–H and O–H groups in total. The second kappa shape index (κ2) is 9.73. The molecule has 0 spiro atoms. The molecule has 0 radical (unpaired) electrons. The maximum atomic E-state index is 13.0. The Bertz CT molecular complexity index is 1280. The number of sulfone groups is 1. The predicted molar refractivity (Wildman–Crippen MR) is 129 cm³/mol. The van der Waals surface area contributed by atoms with E-state index in [1.54, 1.807) is 0 Å².